The number of aromatic amines is 1. The van der Waals surface area contributed by atoms with Gasteiger partial charge in [0.1, 0.15) is 5.82 Å². The van der Waals surface area contributed by atoms with Crippen LogP contribution in [-0.4, -0.2) is 60.9 Å². The molecule has 0 aliphatic carbocycles. The molecule has 3 aromatic rings. The third-order valence-electron chi connectivity index (χ3n) is 5.76. The summed E-state index contributed by atoms with van der Waals surface area (Å²) >= 11 is 0. The number of aromatic nitrogens is 6. The van der Waals surface area contributed by atoms with Crippen LogP contribution in [0.2, 0.25) is 0 Å². The van der Waals surface area contributed by atoms with Crippen molar-refractivity contribution in [1.82, 2.24) is 35.7 Å². The molecule has 164 valence electrons. The Balaban J connectivity index is 1.65. The number of hydrogen-bond acceptors (Lipinski definition) is 7. The molecule has 1 aliphatic heterocycles. The fourth-order valence-corrected chi connectivity index (χ4v) is 4.44. The first-order valence-electron chi connectivity index (χ1n) is 10.8. The fourth-order valence-electron chi connectivity index (χ4n) is 4.44. The minimum absolute atomic E-state index is 0.251. The zero-order valence-electron chi connectivity index (χ0n) is 18.5. The van der Waals surface area contributed by atoms with Crippen molar-refractivity contribution in [3.05, 3.63) is 47.5 Å². The molecule has 1 fully saturated rings. The van der Waals surface area contributed by atoms with Crippen molar-refractivity contribution in [2.24, 2.45) is 5.92 Å². The summed E-state index contributed by atoms with van der Waals surface area (Å²) in [6, 6.07) is 8.10. The number of hydrogen-bond donors (Lipinski definition) is 1. The first-order valence-corrected chi connectivity index (χ1v) is 10.8. The lowest BCUT2D eigenvalue weighted by Gasteiger charge is -2.45. The first-order chi connectivity index (χ1) is 14.9. The predicted octanol–water partition coefficient (Wildman–Crippen LogP) is 3.09. The highest BCUT2D eigenvalue weighted by molar-refractivity contribution is 5.76. The highest BCUT2D eigenvalue weighted by Crippen LogP contribution is 2.35. The van der Waals surface area contributed by atoms with Gasteiger partial charge in [-0.15, -0.1) is 10.2 Å². The number of tetrazole rings is 1. The number of nitrogens with zero attached hydrogens (tertiary/aromatic N) is 7. The van der Waals surface area contributed by atoms with E-state index in [1.54, 1.807) is 12.3 Å². The van der Waals surface area contributed by atoms with Crippen molar-refractivity contribution in [3.8, 4) is 11.4 Å². The number of piperazine rings is 1. The van der Waals surface area contributed by atoms with Crippen LogP contribution in [0, 0.1) is 11.7 Å². The Labute approximate surface area is 181 Å². The van der Waals surface area contributed by atoms with Gasteiger partial charge in [-0.3, -0.25) is 4.90 Å². The highest BCUT2D eigenvalue weighted by Gasteiger charge is 2.32. The summed E-state index contributed by atoms with van der Waals surface area (Å²) in [4.78, 5) is 4.67. The zero-order valence-corrected chi connectivity index (χ0v) is 18.5. The predicted molar refractivity (Wildman–Crippen MR) is 117 cm³/mol. The third-order valence-corrected chi connectivity index (χ3v) is 5.76. The van der Waals surface area contributed by atoms with Crippen molar-refractivity contribution >= 4 is 5.69 Å². The van der Waals surface area contributed by atoms with Gasteiger partial charge in [0, 0.05) is 37.9 Å². The molecule has 1 aliphatic rings. The van der Waals surface area contributed by atoms with Crippen LogP contribution >= 0.6 is 0 Å². The Morgan fingerprint density at radius 2 is 1.94 bits per heavy atom. The molecule has 0 radical (unpaired) electrons. The monoisotopic (exact) mass is 424 g/mol. The van der Waals surface area contributed by atoms with Crippen LogP contribution in [0.25, 0.3) is 11.4 Å². The molecule has 1 aromatic carbocycles. The van der Waals surface area contributed by atoms with E-state index >= 15 is 4.39 Å². The number of rotatable bonds is 6. The molecule has 31 heavy (non-hydrogen) atoms. The van der Waals surface area contributed by atoms with Gasteiger partial charge in [-0.1, -0.05) is 13.8 Å². The van der Waals surface area contributed by atoms with E-state index in [1.807, 2.05) is 12.1 Å². The average molecular weight is 425 g/mol. The average Bonchev–Trinajstić information content (AvgIpc) is 3.24. The van der Waals surface area contributed by atoms with E-state index in [9.17, 15) is 0 Å². The summed E-state index contributed by atoms with van der Waals surface area (Å²) in [6.07, 6.45) is 2.50. The summed E-state index contributed by atoms with van der Waals surface area (Å²) in [5, 5.41) is 22.4. The molecular weight excluding hydrogens is 395 g/mol. The normalized spacial score (nSPS) is 19.9. The third kappa shape index (κ3) is 4.71. The summed E-state index contributed by atoms with van der Waals surface area (Å²) < 4.78 is 15.3. The van der Waals surface area contributed by atoms with Crippen LogP contribution in [-0.2, 0) is 13.0 Å². The smallest absolute Gasteiger partial charge is 0.209 e. The number of benzene rings is 1. The van der Waals surface area contributed by atoms with Crippen LogP contribution in [0.3, 0.4) is 0 Å². The van der Waals surface area contributed by atoms with Gasteiger partial charge in [0.25, 0.3) is 0 Å². The zero-order chi connectivity index (χ0) is 22.0. The first kappa shape index (κ1) is 21.3. The van der Waals surface area contributed by atoms with E-state index < -0.39 is 0 Å². The van der Waals surface area contributed by atoms with E-state index in [0.29, 0.717) is 11.5 Å². The van der Waals surface area contributed by atoms with Crippen molar-refractivity contribution in [3.63, 3.8) is 0 Å². The Morgan fingerprint density at radius 3 is 2.55 bits per heavy atom. The molecule has 8 nitrogen and oxygen atoms in total. The van der Waals surface area contributed by atoms with Gasteiger partial charge in [0.15, 0.2) is 0 Å². The Hall–Kier alpha value is -2.94. The molecule has 0 saturated carbocycles. The number of anilines is 1. The molecule has 0 bridgehead atoms. The Morgan fingerprint density at radius 1 is 1.16 bits per heavy atom. The maximum atomic E-state index is 15.3. The van der Waals surface area contributed by atoms with Gasteiger partial charge < -0.3 is 4.90 Å². The lowest BCUT2D eigenvalue weighted by molar-refractivity contribution is 0.121. The fraction of sp³-hybridized carbons (Fsp3) is 0.500. The van der Waals surface area contributed by atoms with E-state index in [1.165, 1.54) is 0 Å². The molecule has 0 spiro atoms. The van der Waals surface area contributed by atoms with E-state index in [0.717, 1.165) is 43.0 Å². The van der Waals surface area contributed by atoms with Crippen LogP contribution < -0.4 is 4.90 Å². The lowest BCUT2D eigenvalue weighted by atomic mass is 9.97. The van der Waals surface area contributed by atoms with Crippen LogP contribution in [0.5, 0.6) is 0 Å². The number of H-pyrrole nitrogens is 1. The quantitative estimate of drug-likeness (QED) is 0.651. The lowest BCUT2D eigenvalue weighted by Crippen LogP contribution is -2.56. The molecule has 2 atom stereocenters. The minimum Gasteiger partial charge on any atom is -0.368 e. The van der Waals surface area contributed by atoms with Gasteiger partial charge in [0.2, 0.25) is 5.82 Å². The molecule has 1 N–H and O–H groups in total. The van der Waals surface area contributed by atoms with Gasteiger partial charge in [-0.2, -0.15) is 15.4 Å². The number of nitrogens with one attached hydrogen (secondary N) is 1. The Kier molecular flexibility index (Phi) is 6.22. The van der Waals surface area contributed by atoms with Crippen molar-refractivity contribution in [1.29, 1.82) is 0 Å². The topological polar surface area (TPSA) is 86.7 Å². The standard InChI is InChI=1S/C22H29FN8/c1-14(2)8-17-9-19(23)21(22-26-28-29-27-22)20(10-17)30-11-15(3)31(16(4)12-30)13-18-6-5-7-24-25-18/h5-7,9-10,14-16H,8,11-13H2,1-4H3,(H,26,27,28,29)/t15-,16-/m1/s1. The molecule has 3 heterocycles. The molecular formula is C22H29FN8. The van der Waals surface area contributed by atoms with E-state index in [4.69, 9.17) is 0 Å². The molecule has 9 heteroatoms. The largest absolute Gasteiger partial charge is 0.368 e. The van der Waals surface area contributed by atoms with Crippen molar-refractivity contribution < 1.29 is 4.39 Å². The SMILES string of the molecule is CC(C)Cc1cc(F)c(-c2nn[nH]n2)c(N2C[C@@H](C)N(Cc3cccnn3)[C@H](C)C2)c1. The van der Waals surface area contributed by atoms with Gasteiger partial charge in [0.05, 0.1) is 16.9 Å². The highest BCUT2D eigenvalue weighted by atomic mass is 19.1. The second-order valence-electron chi connectivity index (χ2n) is 8.80. The number of halogens is 1. The molecule has 1 saturated heterocycles. The minimum atomic E-state index is -0.308. The second-order valence-corrected chi connectivity index (χ2v) is 8.80. The molecule has 0 amide bonds. The van der Waals surface area contributed by atoms with Crippen molar-refractivity contribution in [2.45, 2.75) is 52.7 Å². The summed E-state index contributed by atoms with van der Waals surface area (Å²) in [5.41, 5.74) is 3.17. The van der Waals surface area contributed by atoms with Crippen LogP contribution in [0.15, 0.2) is 30.5 Å². The van der Waals surface area contributed by atoms with Gasteiger partial charge >= 0.3 is 0 Å². The summed E-state index contributed by atoms with van der Waals surface area (Å²) in [6.45, 7) is 10.9. The second kappa shape index (κ2) is 9.05. The summed E-state index contributed by atoms with van der Waals surface area (Å²) in [7, 11) is 0. The van der Waals surface area contributed by atoms with Gasteiger partial charge in [-0.05, 0) is 61.2 Å². The maximum Gasteiger partial charge on any atom is 0.209 e. The van der Waals surface area contributed by atoms with E-state index in [-0.39, 0.29) is 23.7 Å². The van der Waals surface area contributed by atoms with Crippen molar-refractivity contribution in [2.75, 3.05) is 18.0 Å². The van der Waals surface area contributed by atoms with E-state index in [2.05, 4.69) is 74.4 Å². The molecule has 4 rings (SSSR count). The molecule has 0 unspecified atom stereocenters. The molecule has 2 aromatic heterocycles. The Bertz CT molecular complexity index is 980. The van der Waals surface area contributed by atoms with Gasteiger partial charge in [-0.25, -0.2) is 4.39 Å². The maximum absolute atomic E-state index is 15.3. The summed E-state index contributed by atoms with van der Waals surface area (Å²) in [5.74, 6) is 0.410. The van der Waals surface area contributed by atoms with Crippen LogP contribution in [0.4, 0.5) is 10.1 Å². The van der Waals surface area contributed by atoms with Crippen LogP contribution in [0.1, 0.15) is 39.0 Å².